The first kappa shape index (κ1) is 25.1. The van der Waals surface area contributed by atoms with Gasteiger partial charge in [0.1, 0.15) is 12.7 Å². The van der Waals surface area contributed by atoms with E-state index in [2.05, 4.69) is 19.9 Å². The van der Waals surface area contributed by atoms with Crippen LogP contribution in [0.3, 0.4) is 0 Å². The van der Waals surface area contributed by atoms with Gasteiger partial charge in [0.05, 0.1) is 23.9 Å². The molecule has 3 saturated carbocycles. The monoisotopic (exact) mass is 502 g/mol. The van der Waals surface area contributed by atoms with Crippen LogP contribution < -0.4 is 0 Å². The van der Waals surface area contributed by atoms with Crippen molar-refractivity contribution in [2.75, 3.05) is 6.61 Å². The molecule has 6 rings (SSSR count). The molecule has 0 radical (unpaired) electrons. The molecule has 0 aromatic rings. The molecule has 36 heavy (non-hydrogen) atoms. The molecule has 0 unspecified atom stereocenters. The fourth-order valence-electron chi connectivity index (χ4n) is 9.27. The van der Waals surface area contributed by atoms with Gasteiger partial charge in [-0.05, 0) is 87.0 Å². The Balaban J connectivity index is 1.20. The van der Waals surface area contributed by atoms with Gasteiger partial charge in [0.2, 0.25) is 0 Å². The number of allylic oxidation sites excluding steroid dienone is 1. The molecular weight excluding hydrogens is 460 g/mol. The zero-order chi connectivity index (χ0) is 25.5. The highest BCUT2D eigenvalue weighted by molar-refractivity contribution is 5.85. The molecular formula is C29H42O7. The van der Waals surface area contributed by atoms with Gasteiger partial charge in [0, 0.05) is 17.9 Å². The topological polar surface area (TPSA) is 105 Å². The predicted octanol–water partition coefficient (Wildman–Crippen LogP) is 3.41. The number of carbonyl (C=O) groups is 1. The van der Waals surface area contributed by atoms with Crippen molar-refractivity contribution in [2.45, 2.75) is 115 Å². The van der Waals surface area contributed by atoms with Crippen molar-refractivity contribution in [1.29, 1.82) is 0 Å². The second-order valence-corrected chi connectivity index (χ2v) is 12.9. The van der Waals surface area contributed by atoms with E-state index in [1.165, 1.54) is 5.57 Å². The van der Waals surface area contributed by atoms with E-state index in [1.807, 2.05) is 0 Å². The zero-order valence-corrected chi connectivity index (χ0v) is 21.8. The number of ether oxygens (including phenoxy) is 3. The summed E-state index contributed by atoms with van der Waals surface area (Å²) < 4.78 is 17.3. The summed E-state index contributed by atoms with van der Waals surface area (Å²) in [5, 5.41) is 32.5. The lowest BCUT2D eigenvalue weighted by atomic mass is 9.45. The molecule has 2 aliphatic heterocycles. The van der Waals surface area contributed by atoms with E-state index in [0.717, 1.165) is 56.9 Å². The molecule has 0 aromatic carbocycles. The van der Waals surface area contributed by atoms with Crippen molar-refractivity contribution in [2.24, 2.45) is 28.6 Å². The molecule has 0 spiro atoms. The molecule has 0 amide bonds. The molecule has 1 saturated heterocycles. The van der Waals surface area contributed by atoms with Gasteiger partial charge in [-0.15, -0.1) is 0 Å². The molecule has 0 bridgehead atoms. The van der Waals surface area contributed by atoms with E-state index in [0.29, 0.717) is 12.5 Å². The van der Waals surface area contributed by atoms with Crippen molar-refractivity contribution < 1.29 is 34.3 Å². The second kappa shape index (κ2) is 8.63. The van der Waals surface area contributed by atoms with Gasteiger partial charge in [-0.25, -0.2) is 4.79 Å². The van der Waals surface area contributed by atoms with Gasteiger partial charge in [0.25, 0.3) is 0 Å². The maximum absolute atomic E-state index is 12.3. The number of aliphatic hydroxyl groups excluding tert-OH is 2. The summed E-state index contributed by atoms with van der Waals surface area (Å²) in [7, 11) is 0. The molecule has 200 valence electrons. The molecule has 4 aliphatic carbocycles. The van der Waals surface area contributed by atoms with E-state index in [9.17, 15) is 20.1 Å². The van der Waals surface area contributed by atoms with Crippen molar-refractivity contribution in [3.05, 3.63) is 23.3 Å². The summed E-state index contributed by atoms with van der Waals surface area (Å²) in [5.41, 5.74) is 1.65. The summed E-state index contributed by atoms with van der Waals surface area (Å²) in [4.78, 5) is 11.8. The predicted molar refractivity (Wildman–Crippen MR) is 132 cm³/mol. The molecule has 7 heteroatoms. The minimum absolute atomic E-state index is 0.0519. The summed E-state index contributed by atoms with van der Waals surface area (Å²) in [6.07, 6.45) is 9.19. The van der Waals surface area contributed by atoms with Crippen LogP contribution in [0.4, 0.5) is 0 Å². The van der Waals surface area contributed by atoms with E-state index in [1.54, 1.807) is 13.0 Å². The lowest BCUT2D eigenvalue weighted by molar-refractivity contribution is -0.256. The average Bonchev–Trinajstić information content (AvgIpc) is 3.37. The molecule has 7 nitrogen and oxygen atoms in total. The summed E-state index contributed by atoms with van der Waals surface area (Å²) >= 11 is 0. The molecule has 3 N–H and O–H groups in total. The van der Waals surface area contributed by atoms with Crippen LogP contribution in [-0.2, 0) is 19.0 Å². The number of carbonyl (C=O) groups excluding carboxylic acids is 1. The Morgan fingerprint density at radius 1 is 1.06 bits per heavy atom. The van der Waals surface area contributed by atoms with Crippen LogP contribution in [0.1, 0.15) is 78.6 Å². The van der Waals surface area contributed by atoms with Crippen LogP contribution in [0.15, 0.2) is 23.3 Å². The molecule has 2 heterocycles. The van der Waals surface area contributed by atoms with E-state index < -0.39 is 30.2 Å². The first-order valence-electron chi connectivity index (χ1n) is 14.0. The number of hydrogen-bond acceptors (Lipinski definition) is 7. The van der Waals surface area contributed by atoms with Crippen LogP contribution in [0.25, 0.3) is 0 Å². The average molecular weight is 503 g/mol. The first-order valence-corrected chi connectivity index (χ1v) is 14.0. The number of aliphatic hydroxyl groups is 3. The highest BCUT2D eigenvalue weighted by Crippen LogP contribution is 2.69. The van der Waals surface area contributed by atoms with Gasteiger partial charge >= 0.3 is 5.97 Å². The standard InChI is InChI=1S/C29H42O7/c1-16-26(32)23(30)14-25(35-16)36-19-6-9-27(2)18(13-19)4-5-22-21(27)7-10-28(3)20(8-11-29(22,28)33)17-12-24(31)34-15-17/h12-13,16,19-23,25-26,30,32-33H,4-11,14-15H2,1-3H3/t16-,19+,20-,21+,22-,23+,25+,26-,27+,28-,29+/m1/s1. The quantitative estimate of drug-likeness (QED) is 0.401. The Kier molecular flexibility index (Phi) is 6.01. The van der Waals surface area contributed by atoms with Gasteiger partial charge in [-0.1, -0.05) is 25.5 Å². The number of hydrogen-bond donors (Lipinski definition) is 3. The summed E-state index contributed by atoms with van der Waals surface area (Å²) in [6.45, 7) is 6.81. The third-order valence-corrected chi connectivity index (χ3v) is 11.4. The molecule has 4 fully saturated rings. The number of cyclic esters (lactones) is 1. The third kappa shape index (κ3) is 3.60. The van der Waals surface area contributed by atoms with Crippen LogP contribution in [0.2, 0.25) is 0 Å². The van der Waals surface area contributed by atoms with Crippen molar-refractivity contribution >= 4 is 5.97 Å². The highest BCUT2D eigenvalue weighted by Gasteiger charge is 2.67. The fourth-order valence-corrected chi connectivity index (χ4v) is 9.27. The van der Waals surface area contributed by atoms with Crippen LogP contribution in [-0.4, -0.2) is 64.2 Å². The fraction of sp³-hybridized carbons (Fsp3) is 0.828. The van der Waals surface area contributed by atoms with E-state index in [-0.39, 0.29) is 41.2 Å². The number of fused-ring (bicyclic) bond motifs is 5. The largest absolute Gasteiger partial charge is 0.458 e. The molecule has 0 aromatic heterocycles. The normalized spacial score (nSPS) is 52.6. The van der Waals surface area contributed by atoms with Crippen molar-refractivity contribution in [3.63, 3.8) is 0 Å². The van der Waals surface area contributed by atoms with Crippen LogP contribution >= 0.6 is 0 Å². The van der Waals surface area contributed by atoms with Crippen LogP contribution in [0, 0.1) is 28.6 Å². The van der Waals surface area contributed by atoms with Gasteiger partial charge < -0.3 is 29.5 Å². The van der Waals surface area contributed by atoms with Crippen LogP contribution in [0.5, 0.6) is 0 Å². The molecule has 11 atom stereocenters. The van der Waals surface area contributed by atoms with Gasteiger partial charge in [0.15, 0.2) is 6.29 Å². The van der Waals surface area contributed by atoms with E-state index >= 15 is 0 Å². The maximum Gasteiger partial charge on any atom is 0.331 e. The minimum atomic E-state index is -0.871. The second-order valence-electron chi connectivity index (χ2n) is 12.9. The Labute approximate surface area is 213 Å². The Hall–Kier alpha value is -1.25. The highest BCUT2D eigenvalue weighted by atomic mass is 16.7. The summed E-state index contributed by atoms with van der Waals surface area (Å²) in [5.74, 6) is 0.679. The lowest BCUT2D eigenvalue weighted by Crippen LogP contribution is -2.61. The Bertz CT molecular complexity index is 963. The lowest BCUT2D eigenvalue weighted by Gasteiger charge is -2.62. The smallest absolute Gasteiger partial charge is 0.331 e. The Morgan fingerprint density at radius 3 is 2.58 bits per heavy atom. The number of rotatable bonds is 3. The first-order chi connectivity index (χ1) is 17.0. The Morgan fingerprint density at radius 2 is 1.86 bits per heavy atom. The van der Waals surface area contributed by atoms with Crippen molar-refractivity contribution in [3.8, 4) is 0 Å². The van der Waals surface area contributed by atoms with Gasteiger partial charge in [-0.3, -0.25) is 0 Å². The zero-order valence-electron chi connectivity index (χ0n) is 21.8. The van der Waals surface area contributed by atoms with Gasteiger partial charge in [-0.2, -0.15) is 0 Å². The molecule has 6 aliphatic rings. The third-order valence-electron chi connectivity index (χ3n) is 11.4. The SMILES string of the molecule is C[C@H]1O[C@@H](O[C@@H]2C=C3CC[C@@H]4[C@H](CC[C@]5(C)[C@@H](C6=CC(=O)OC6)CC[C@]45O)[C@@]3(C)CC2)C[C@H](O)[C@@H]1O. The maximum atomic E-state index is 12.3. The minimum Gasteiger partial charge on any atom is -0.458 e. The number of esters is 1. The van der Waals surface area contributed by atoms with E-state index in [4.69, 9.17) is 14.2 Å². The summed E-state index contributed by atoms with van der Waals surface area (Å²) in [6, 6.07) is 0. The van der Waals surface area contributed by atoms with Crippen molar-refractivity contribution in [1.82, 2.24) is 0 Å².